The smallest absolute Gasteiger partial charge is 0.248 e. The van der Waals surface area contributed by atoms with Gasteiger partial charge in [-0.05, 0) is 24.3 Å². The summed E-state index contributed by atoms with van der Waals surface area (Å²) in [7, 11) is 0. The normalized spacial score (nSPS) is 11.0. The molecule has 0 saturated heterocycles. The van der Waals surface area contributed by atoms with Gasteiger partial charge in [0.15, 0.2) is 5.65 Å². The molecule has 0 bridgehead atoms. The Morgan fingerprint density at radius 1 is 1.07 bits per heavy atom. The first-order chi connectivity index (χ1) is 13.7. The Bertz CT molecular complexity index is 1120. The van der Waals surface area contributed by atoms with Gasteiger partial charge in [-0.15, -0.1) is 11.8 Å². The minimum atomic E-state index is -0.432. The lowest BCUT2D eigenvalue weighted by molar-refractivity contribution is 0.100. The van der Waals surface area contributed by atoms with Crippen LogP contribution in [-0.2, 0) is 0 Å². The fourth-order valence-electron chi connectivity index (χ4n) is 3.02. The fraction of sp³-hybridized carbons (Fsp3) is 0.136. The Hall–Kier alpha value is -3.12. The van der Waals surface area contributed by atoms with Crippen molar-refractivity contribution < 1.29 is 4.79 Å². The first-order valence-electron chi connectivity index (χ1n) is 9.14. The number of imidazole rings is 1. The number of hydrogen-bond donors (Lipinski definition) is 1. The quantitative estimate of drug-likeness (QED) is 0.487. The molecule has 0 radical (unpaired) electrons. The van der Waals surface area contributed by atoms with Crippen LogP contribution in [0.5, 0.6) is 0 Å². The van der Waals surface area contributed by atoms with Gasteiger partial charge in [0.05, 0.1) is 17.6 Å². The summed E-state index contributed by atoms with van der Waals surface area (Å²) < 4.78 is 2.08. The summed E-state index contributed by atoms with van der Waals surface area (Å²) in [5.74, 6) is 0.551. The van der Waals surface area contributed by atoms with Crippen LogP contribution in [0, 0.1) is 0 Å². The molecule has 0 unspecified atom stereocenters. The topological polar surface area (TPSA) is 73.3 Å². The summed E-state index contributed by atoms with van der Waals surface area (Å²) in [6.45, 7) is 2.16. The van der Waals surface area contributed by atoms with Crippen LogP contribution < -0.4 is 5.73 Å². The average molecular weight is 388 g/mol. The van der Waals surface area contributed by atoms with Crippen molar-refractivity contribution in [2.45, 2.75) is 18.4 Å². The van der Waals surface area contributed by atoms with Gasteiger partial charge in [0.2, 0.25) is 5.91 Å². The Kier molecular flexibility index (Phi) is 5.12. The van der Waals surface area contributed by atoms with E-state index in [-0.39, 0.29) is 0 Å². The van der Waals surface area contributed by atoms with Crippen molar-refractivity contribution in [1.29, 1.82) is 0 Å². The molecule has 1 amide bonds. The Balaban J connectivity index is 1.87. The number of nitrogens with two attached hydrogens (primary N) is 1. The van der Waals surface area contributed by atoms with Crippen molar-refractivity contribution >= 4 is 23.3 Å². The number of primary amides is 1. The van der Waals surface area contributed by atoms with Gasteiger partial charge in [0.1, 0.15) is 5.03 Å². The zero-order valence-corrected chi connectivity index (χ0v) is 16.3. The summed E-state index contributed by atoms with van der Waals surface area (Å²) in [4.78, 5) is 20.9. The molecule has 0 fully saturated rings. The molecule has 28 heavy (non-hydrogen) atoms. The van der Waals surface area contributed by atoms with E-state index in [0.717, 1.165) is 45.4 Å². The lowest BCUT2D eigenvalue weighted by Crippen LogP contribution is -2.10. The molecular weight excluding hydrogens is 368 g/mol. The molecule has 0 atom stereocenters. The third kappa shape index (κ3) is 3.51. The highest BCUT2D eigenvalue weighted by molar-refractivity contribution is 7.99. The van der Waals surface area contributed by atoms with Crippen LogP contribution in [-0.4, -0.2) is 26.0 Å². The summed E-state index contributed by atoms with van der Waals surface area (Å²) in [6.07, 6.45) is 4.93. The van der Waals surface area contributed by atoms with Crippen LogP contribution in [0.3, 0.4) is 0 Å². The molecule has 0 aliphatic rings. The molecule has 2 aromatic heterocycles. The van der Waals surface area contributed by atoms with Crippen molar-refractivity contribution in [2.24, 2.45) is 5.73 Å². The predicted octanol–water partition coefficient (Wildman–Crippen LogP) is 4.66. The van der Waals surface area contributed by atoms with Gasteiger partial charge in [0, 0.05) is 22.9 Å². The molecule has 6 heteroatoms. The number of nitrogens with zero attached hydrogens (tertiary/aromatic N) is 3. The van der Waals surface area contributed by atoms with E-state index in [1.807, 2.05) is 42.7 Å². The number of carbonyl (C=O) groups excluding carboxylic acids is 1. The molecule has 0 aliphatic heterocycles. The average Bonchev–Trinajstić information content (AvgIpc) is 3.17. The number of benzene rings is 2. The molecule has 2 N–H and O–H groups in total. The highest BCUT2D eigenvalue weighted by Gasteiger charge is 2.14. The third-order valence-electron chi connectivity index (χ3n) is 4.44. The van der Waals surface area contributed by atoms with E-state index in [1.54, 1.807) is 23.9 Å². The number of fused-ring (bicyclic) bond motifs is 1. The summed E-state index contributed by atoms with van der Waals surface area (Å²) >= 11 is 1.72. The monoisotopic (exact) mass is 388 g/mol. The zero-order valence-electron chi connectivity index (χ0n) is 15.5. The van der Waals surface area contributed by atoms with Crippen molar-refractivity contribution in [3.8, 4) is 22.5 Å². The van der Waals surface area contributed by atoms with Crippen LogP contribution in [0.15, 0.2) is 72.0 Å². The summed E-state index contributed by atoms with van der Waals surface area (Å²) in [6, 6.07) is 17.4. The van der Waals surface area contributed by atoms with E-state index < -0.39 is 5.91 Å². The molecule has 0 spiro atoms. The summed E-state index contributed by atoms with van der Waals surface area (Å²) in [5.41, 5.74) is 10.6. The molecule has 4 aromatic rings. The number of hydrogen-bond acceptors (Lipinski definition) is 4. The lowest BCUT2D eigenvalue weighted by Gasteiger charge is -2.09. The first kappa shape index (κ1) is 18.3. The van der Waals surface area contributed by atoms with E-state index in [9.17, 15) is 4.79 Å². The van der Waals surface area contributed by atoms with E-state index in [0.29, 0.717) is 5.56 Å². The van der Waals surface area contributed by atoms with E-state index >= 15 is 0 Å². The highest BCUT2D eigenvalue weighted by Crippen LogP contribution is 2.30. The van der Waals surface area contributed by atoms with Gasteiger partial charge in [0.25, 0.3) is 0 Å². The molecule has 0 saturated carbocycles. The second kappa shape index (κ2) is 7.86. The Morgan fingerprint density at radius 2 is 1.82 bits per heavy atom. The molecule has 0 aliphatic carbocycles. The van der Waals surface area contributed by atoms with Crippen molar-refractivity contribution in [3.63, 3.8) is 0 Å². The predicted molar refractivity (Wildman–Crippen MR) is 113 cm³/mol. The van der Waals surface area contributed by atoms with E-state index in [4.69, 9.17) is 10.7 Å². The van der Waals surface area contributed by atoms with Crippen molar-refractivity contribution in [2.75, 3.05) is 5.75 Å². The second-order valence-corrected chi connectivity index (χ2v) is 7.51. The number of thioether (sulfide) groups is 1. The summed E-state index contributed by atoms with van der Waals surface area (Å²) in [5, 5.41) is 0.920. The largest absolute Gasteiger partial charge is 0.366 e. The van der Waals surface area contributed by atoms with Gasteiger partial charge in [-0.3, -0.25) is 9.20 Å². The van der Waals surface area contributed by atoms with Gasteiger partial charge in [-0.25, -0.2) is 9.97 Å². The second-order valence-electron chi connectivity index (χ2n) is 6.42. The number of aromatic nitrogens is 3. The Labute approximate surface area is 167 Å². The van der Waals surface area contributed by atoms with E-state index in [1.165, 1.54) is 0 Å². The third-order valence-corrected chi connectivity index (χ3v) is 5.60. The highest BCUT2D eigenvalue weighted by atomic mass is 32.2. The van der Waals surface area contributed by atoms with Crippen LogP contribution in [0.4, 0.5) is 0 Å². The van der Waals surface area contributed by atoms with Gasteiger partial charge in [-0.1, -0.05) is 49.4 Å². The zero-order chi connectivity index (χ0) is 19.5. The lowest BCUT2D eigenvalue weighted by atomic mass is 10.1. The number of carbonyl (C=O) groups is 1. The molecule has 140 valence electrons. The molecule has 2 heterocycles. The minimum Gasteiger partial charge on any atom is -0.366 e. The number of amides is 1. The van der Waals surface area contributed by atoms with Crippen LogP contribution in [0.1, 0.15) is 23.7 Å². The first-order valence-corrected chi connectivity index (χ1v) is 10.1. The van der Waals surface area contributed by atoms with Gasteiger partial charge >= 0.3 is 0 Å². The maximum Gasteiger partial charge on any atom is 0.248 e. The van der Waals surface area contributed by atoms with Crippen LogP contribution >= 0.6 is 11.8 Å². The molecule has 5 nitrogen and oxygen atoms in total. The fourth-order valence-corrected chi connectivity index (χ4v) is 3.86. The Morgan fingerprint density at radius 3 is 2.50 bits per heavy atom. The van der Waals surface area contributed by atoms with Crippen molar-refractivity contribution in [3.05, 3.63) is 72.6 Å². The maximum absolute atomic E-state index is 11.4. The van der Waals surface area contributed by atoms with Crippen LogP contribution in [0.2, 0.25) is 0 Å². The SMILES string of the molecule is CCCSc1nc(-c2ccccc2)cn2c(-c3ccc(C(N)=O)cc3)cnc12. The standard InChI is InChI=1S/C22H20N4OS/c1-2-12-28-22-21-24-13-19(16-8-10-17(11-9-16)20(23)27)26(21)14-18(25-22)15-6-4-3-5-7-15/h3-11,13-14H,2,12H2,1H3,(H2,23,27). The van der Waals surface area contributed by atoms with E-state index in [2.05, 4.69) is 28.4 Å². The van der Waals surface area contributed by atoms with Gasteiger partial charge < -0.3 is 5.73 Å². The van der Waals surface area contributed by atoms with Crippen LogP contribution in [0.25, 0.3) is 28.2 Å². The van der Waals surface area contributed by atoms with Gasteiger partial charge in [-0.2, -0.15) is 0 Å². The molecule has 2 aromatic carbocycles. The molecule has 4 rings (SSSR count). The maximum atomic E-state index is 11.4. The molecular formula is C22H20N4OS. The number of rotatable bonds is 6. The van der Waals surface area contributed by atoms with Crippen molar-refractivity contribution in [1.82, 2.24) is 14.4 Å². The minimum absolute atomic E-state index is 0.432.